The molecule has 0 atom stereocenters. The maximum absolute atomic E-state index is 12.1. The lowest BCUT2D eigenvalue weighted by Gasteiger charge is -2.23. The maximum Gasteiger partial charge on any atom is 0.223 e. The first-order valence-electron chi connectivity index (χ1n) is 8.24. The van der Waals surface area contributed by atoms with Gasteiger partial charge >= 0.3 is 0 Å². The van der Waals surface area contributed by atoms with Crippen molar-refractivity contribution in [3.8, 4) is 5.75 Å². The van der Waals surface area contributed by atoms with Crippen LogP contribution in [0.5, 0.6) is 5.75 Å². The smallest absolute Gasteiger partial charge is 0.223 e. The minimum absolute atomic E-state index is 0.0956. The molecule has 25 heavy (non-hydrogen) atoms. The van der Waals surface area contributed by atoms with Crippen molar-refractivity contribution in [2.45, 2.75) is 26.8 Å². The maximum atomic E-state index is 12.1. The summed E-state index contributed by atoms with van der Waals surface area (Å²) in [5, 5.41) is 2.88. The molecule has 0 radical (unpaired) electrons. The van der Waals surface area contributed by atoms with Crippen LogP contribution in [0.25, 0.3) is 0 Å². The molecule has 0 fully saturated rings. The van der Waals surface area contributed by atoms with Crippen LogP contribution in [0.4, 0.5) is 5.69 Å². The second-order valence-corrected chi connectivity index (χ2v) is 5.85. The molecule has 0 unspecified atom stereocenters. The van der Waals surface area contributed by atoms with Gasteiger partial charge in [0.2, 0.25) is 11.8 Å². The normalized spacial score (nSPS) is 10.2. The van der Waals surface area contributed by atoms with E-state index in [0.717, 1.165) is 5.56 Å². The molecule has 0 saturated carbocycles. The standard InChI is InChI=1S/C20H24N2O3/c1-15-8-10-17(11-9-15)14-21-20(24)12-13-22(16(2)23)18-6-4-5-7-19(18)25-3/h4-11H,12-14H2,1-3H3,(H,21,24). The first kappa shape index (κ1) is 18.5. The molecule has 0 spiro atoms. The van der Waals surface area contributed by atoms with Gasteiger partial charge in [-0.25, -0.2) is 0 Å². The van der Waals surface area contributed by atoms with Crippen LogP contribution >= 0.6 is 0 Å². The Bertz CT molecular complexity index is 726. The zero-order valence-corrected chi connectivity index (χ0v) is 14.9. The summed E-state index contributed by atoms with van der Waals surface area (Å²) in [4.78, 5) is 25.7. The Labute approximate surface area is 148 Å². The Morgan fingerprint density at radius 3 is 2.40 bits per heavy atom. The number of rotatable bonds is 7. The van der Waals surface area contributed by atoms with Crippen molar-refractivity contribution in [1.29, 1.82) is 0 Å². The molecule has 5 heteroatoms. The van der Waals surface area contributed by atoms with Gasteiger partial charge in [0, 0.05) is 26.4 Å². The van der Waals surface area contributed by atoms with Crippen molar-refractivity contribution in [3.05, 3.63) is 59.7 Å². The molecule has 1 N–H and O–H groups in total. The highest BCUT2D eigenvalue weighted by Crippen LogP contribution is 2.27. The van der Waals surface area contributed by atoms with Crippen molar-refractivity contribution in [2.24, 2.45) is 0 Å². The van der Waals surface area contributed by atoms with Crippen LogP contribution in [0.3, 0.4) is 0 Å². The van der Waals surface area contributed by atoms with Gasteiger partial charge in [-0.1, -0.05) is 42.0 Å². The van der Waals surface area contributed by atoms with Crippen molar-refractivity contribution in [3.63, 3.8) is 0 Å². The average Bonchev–Trinajstić information content (AvgIpc) is 2.61. The highest BCUT2D eigenvalue weighted by Gasteiger charge is 2.16. The van der Waals surface area contributed by atoms with Gasteiger partial charge in [-0.2, -0.15) is 0 Å². The summed E-state index contributed by atoms with van der Waals surface area (Å²) in [7, 11) is 1.56. The van der Waals surface area contributed by atoms with Crippen molar-refractivity contribution < 1.29 is 14.3 Å². The van der Waals surface area contributed by atoms with Gasteiger partial charge in [-0.15, -0.1) is 0 Å². The number of methoxy groups -OCH3 is 1. The van der Waals surface area contributed by atoms with Crippen LogP contribution in [0, 0.1) is 6.92 Å². The lowest BCUT2D eigenvalue weighted by molar-refractivity contribution is -0.121. The summed E-state index contributed by atoms with van der Waals surface area (Å²) in [6.07, 6.45) is 0.226. The SMILES string of the molecule is COc1ccccc1N(CCC(=O)NCc1ccc(C)cc1)C(C)=O. The van der Waals surface area contributed by atoms with E-state index in [4.69, 9.17) is 4.74 Å². The summed E-state index contributed by atoms with van der Waals surface area (Å²) in [6.45, 7) is 4.29. The van der Waals surface area contributed by atoms with E-state index in [9.17, 15) is 9.59 Å². The average molecular weight is 340 g/mol. The van der Waals surface area contributed by atoms with Gasteiger partial charge < -0.3 is 15.0 Å². The topological polar surface area (TPSA) is 58.6 Å². The lowest BCUT2D eigenvalue weighted by Crippen LogP contribution is -2.34. The van der Waals surface area contributed by atoms with Crippen LogP contribution in [0.1, 0.15) is 24.5 Å². The number of anilines is 1. The largest absolute Gasteiger partial charge is 0.495 e. The second kappa shape index (κ2) is 8.87. The first-order valence-corrected chi connectivity index (χ1v) is 8.24. The third-order valence-corrected chi connectivity index (χ3v) is 3.93. The number of aryl methyl sites for hydroxylation is 1. The van der Waals surface area contributed by atoms with Gasteiger partial charge in [0.05, 0.1) is 12.8 Å². The molecule has 132 valence electrons. The first-order chi connectivity index (χ1) is 12.0. The second-order valence-electron chi connectivity index (χ2n) is 5.85. The molecule has 2 amide bonds. The van der Waals surface area contributed by atoms with Crippen LogP contribution in [-0.4, -0.2) is 25.5 Å². The molecule has 0 aliphatic rings. The number of nitrogens with zero attached hydrogens (tertiary/aromatic N) is 1. The third kappa shape index (κ3) is 5.35. The van der Waals surface area contributed by atoms with Gasteiger partial charge in [0.1, 0.15) is 5.75 Å². The lowest BCUT2D eigenvalue weighted by atomic mass is 10.1. The quantitative estimate of drug-likeness (QED) is 0.843. The minimum atomic E-state index is -0.129. The number of hydrogen-bond donors (Lipinski definition) is 1. The number of benzene rings is 2. The van der Waals surface area contributed by atoms with E-state index < -0.39 is 0 Å². The molecule has 2 aromatic rings. The van der Waals surface area contributed by atoms with Gasteiger partial charge in [-0.3, -0.25) is 9.59 Å². The zero-order valence-electron chi connectivity index (χ0n) is 14.9. The summed E-state index contributed by atoms with van der Waals surface area (Å²) in [6, 6.07) is 15.3. The molecule has 0 aliphatic heterocycles. The monoisotopic (exact) mass is 340 g/mol. The van der Waals surface area contributed by atoms with Gasteiger partial charge in [0.15, 0.2) is 0 Å². The third-order valence-electron chi connectivity index (χ3n) is 3.93. The Morgan fingerprint density at radius 1 is 1.08 bits per heavy atom. The number of carbonyl (C=O) groups excluding carboxylic acids is 2. The van der Waals surface area contributed by atoms with E-state index in [2.05, 4.69) is 5.32 Å². The van der Waals surface area contributed by atoms with Crippen LogP contribution in [0.2, 0.25) is 0 Å². The Balaban J connectivity index is 1.93. The number of amides is 2. The summed E-state index contributed by atoms with van der Waals surface area (Å²) >= 11 is 0. The highest BCUT2D eigenvalue weighted by molar-refractivity contribution is 5.93. The molecule has 5 nitrogen and oxygen atoms in total. The predicted octanol–water partition coefficient (Wildman–Crippen LogP) is 3.06. The summed E-state index contributed by atoms with van der Waals surface area (Å²) < 4.78 is 5.30. The number of hydrogen-bond acceptors (Lipinski definition) is 3. The summed E-state index contributed by atoms with van der Waals surface area (Å²) in [5.41, 5.74) is 2.90. The Morgan fingerprint density at radius 2 is 1.76 bits per heavy atom. The molecule has 0 heterocycles. The van der Waals surface area contributed by atoms with E-state index in [1.807, 2.05) is 49.4 Å². The highest BCUT2D eigenvalue weighted by atomic mass is 16.5. The predicted molar refractivity (Wildman–Crippen MR) is 98.7 cm³/mol. The van der Waals surface area contributed by atoms with Crippen LogP contribution in [0.15, 0.2) is 48.5 Å². The van der Waals surface area contributed by atoms with E-state index in [1.54, 1.807) is 18.1 Å². The van der Waals surface area contributed by atoms with E-state index in [-0.39, 0.29) is 18.2 Å². The van der Waals surface area contributed by atoms with Crippen molar-refractivity contribution in [1.82, 2.24) is 5.32 Å². The Kier molecular flexibility index (Phi) is 6.57. The molecular weight excluding hydrogens is 316 g/mol. The molecule has 0 aromatic heterocycles. The number of ether oxygens (including phenoxy) is 1. The van der Waals surface area contributed by atoms with Crippen molar-refractivity contribution in [2.75, 3.05) is 18.6 Å². The molecule has 0 bridgehead atoms. The number of para-hydroxylation sites is 2. The fourth-order valence-corrected chi connectivity index (χ4v) is 2.51. The van der Waals surface area contributed by atoms with Gasteiger partial charge in [0.25, 0.3) is 0 Å². The molecule has 2 rings (SSSR count). The minimum Gasteiger partial charge on any atom is -0.495 e. The van der Waals surface area contributed by atoms with Crippen LogP contribution in [-0.2, 0) is 16.1 Å². The fourth-order valence-electron chi connectivity index (χ4n) is 2.51. The fraction of sp³-hybridized carbons (Fsp3) is 0.300. The molecular formula is C20H24N2O3. The van der Waals surface area contributed by atoms with E-state index >= 15 is 0 Å². The van der Waals surface area contributed by atoms with Crippen molar-refractivity contribution >= 4 is 17.5 Å². The Hall–Kier alpha value is -2.82. The number of nitrogens with one attached hydrogen (secondary N) is 1. The van der Waals surface area contributed by atoms with E-state index in [1.165, 1.54) is 12.5 Å². The van der Waals surface area contributed by atoms with Gasteiger partial charge in [-0.05, 0) is 24.6 Å². The molecule has 2 aromatic carbocycles. The van der Waals surface area contributed by atoms with E-state index in [0.29, 0.717) is 24.5 Å². The molecule has 0 aliphatic carbocycles. The number of carbonyl (C=O) groups is 2. The summed E-state index contributed by atoms with van der Waals surface area (Å²) in [5.74, 6) is 0.385. The van der Waals surface area contributed by atoms with Crippen LogP contribution < -0.4 is 15.0 Å². The zero-order chi connectivity index (χ0) is 18.2. The molecule has 0 saturated heterocycles.